The minimum atomic E-state index is -0.984. The molecule has 0 aliphatic carbocycles. The number of esters is 1. The van der Waals surface area contributed by atoms with Crippen LogP contribution in [0.1, 0.15) is 0 Å². The maximum absolute atomic E-state index is 11.8. The lowest BCUT2D eigenvalue weighted by Gasteiger charge is -2.13. The van der Waals surface area contributed by atoms with E-state index >= 15 is 0 Å². The molecule has 2 unspecified atom stereocenters. The van der Waals surface area contributed by atoms with Crippen LogP contribution in [-0.4, -0.2) is 52.6 Å². The van der Waals surface area contributed by atoms with Gasteiger partial charge in [0, 0.05) is 23.6 Å². The largest absolute Gasteiger partial charge is 0.480 e. The van der Waals surface area contributed by atoms with Crippen molar-refractivity contribution in [2.75, 3.05) is 18.6 Å². The molecule has 10 heteroatoms. The van der Waals surface area contributed by atoms with Gasteiger partial charge in [-0.3, -0.25) is 14.9 Å². The molecule has 1 rings (SSSR count). The molecule has 0 radical (unpaired) electrons. The Kier molecular flexibility index (Phi) is 7.45. The summed E-state index contributed by atoms with van der Waals surface area (Å²) in [5, 5.41) is 22.0. The third kappa shape index (κ3) is 6.22. The van der Waals surface area contributed by atoms with Crippen molar-refractivity contribution in [2.24, 2.45) is 5.73 Å². The van der Waals surface area contributed by atoms with Crippen molar-refractivity contribution in [3.8, 4) is 5.75 Å². The van der Waals surface area contributed by atoms with Gasteiger partial charge < -0.3 is 20.9 Å². The van der Waals surface area contributed by atoms with E-state index in [1.54, 1.807) is 0 Å². The normalized spacial score (nSPS) is 13.1. The number of aliphatic carboxylic acids is 1. The second-order valence-electron chi connectivity index (χ2n) is 4.50. The molecule has 0 amide bonds. The van der Waals surface area contributed by atoms with E-state index < -0.39 is 28.9 Å². The average Bonchev–Trinajstić information content (AvgIpc) is 2.51. The van der Waals surface area contributed by atoms with Crippen LogP contribution in [0.2, 0.25) is 0 Å². The first kappa shape index (κ1) is 18.9. The average molecular weight is 343 g/mol. The number of likely N-dealkylation sites (N-methyl/N-ethyl adjacent to an activating group) is 1. The van der Waals surface area contributed by atoms with E-state index in [9.17, 15) is 19.7 Å². The van der Waals surface area contributed by atoms with Crippen molar-refractivity contribution in [1.29, 1.82) is 0 Å². The van der Waals surface area contributed by atoms with Gasteiger partial charge in [-0.25, -0.2) is 4.79 Å². The number of nitro benzene ring substituents is 1. The predicted molar refractivity (Wildman–Crippen MR) is 84.5 cm³/mol. The highest BCUT2D eigenvalue weighted by Gasteiger charge is 2.19. The van der Waals surface area contributed by atoms with Gasteiger partial charge in [0.25, 0.3) is 5.69 Å². The van der Waals surface area contributed by atoms with Crippen molar-refractivity contribution >= 4 is 29.4 Å². The Morgan fingerprint density at radius 3 is 2.48 bits per heavy atom. The third-order valence-corrected chi connectivity index (χ3v) is 3.96. The number of carbonyl (C=O) groups excluding carboxylic acids is 1. The number of carboxylic acids is 1. The van der Waals surface area contributed by atoms with Crippen LogP contribution >= 0.6 is 11.8 Å². The fourth-order valence-corrected chi connectivity index (χ4v) is 2.56. The lowest BCUT2D eigenvalue weighted by Crippen LogP contribution is -2.39. The van der Waals surface area contributed by atoms with Crippen LogP contribution in [0.25, 0.3) is 0 Å². The fourth-order valence-electron chi connectivity index (χ4n) is 1.49. The molecule has 1 aromatic rings. The summed E-state index contributed by atoms with van der Waals surface area (Å²) in [5.41, 5.74) is 5.56. The highest BCUT2D eigenvalue weighted by atomic mass is 32.2. The predicted octanol–water partition coefficient (Wildman–Crippen LogP) is 0.233. The second-order valence-corrected chi connectivity index (χ2v) is 5.57. The van der Waals surface area contributed by atoms with Gasteiger partial charge in [-0.15, -0.1) is 0 Å². The Morgan fingerprint density at radius 2 is 2.00 bits per heavy atom. The van der Waals surface area contributed by atoms with Gasteiger partial charge in [0.2, 0.25) is 0 Å². The molecule has 0 saturated carbocycles. The van der Waals surface area contributed by atoms with Gasteiger partial charge in [0.1, 0.15) is 17.8 Å². The van der Waals surface area contributed by atoms with Crippen molar-refractivity contribution < 1.29 is 24.4 Å². The number of nitrogens with zero attached hydrogens (tertiary/aromatic N) is 1. The molecule has 1 aromatic carbocycles. The number of hydrogen-bond donors (Lipinski definition) is 3. The number of carbonyl (C=O) groups is 2. The number of non-ortho nitro benzene ring substituents is 1. The zero-order valence-electron chi connectivity index (χ0n) is 12.3. The minimum absolute atomic E-state index is 0.114. The number of ether oxygens (including phenoxy) is 1. The van der Waals surface area contributed by atoms with Crippen LogP contribution < -0.4 is 15.8 Å². The topological polar surface area (TPSA) is 145 Å². The van der Waals surface area contributed by atoms with Crippen LogP contribution in [0.4, 0.5) is 5.69 Å². The molecule has 2 atom stereocenters. The Morgan fingerprint density at radius 1 is 1.39 bits per heavy atom. The molecule has 23 heavy (non-hydrogen) atoms. The van der Waals surface area contributed by atoms with Crippen molar-refractivity contribution in [1.82, 2.24) is 5.32 Å². The van der Waals surface area contributed by atoms with Gasteiger partial charge in [0.05, 0.1) is 4.92 Å². The number of benzene rings is 1. The summed E-state index contributed by atoms with van der Waals surface area (Å²) >= 11 is 1.21. The number of nitro groups is 1. The third-order valence-electron chi connectivity index (χ3n) is 2.80. The maximum Gasteiger partial charge on any atom is 0.329 e. The number of thioether (sulfide) groups is 1. The van der Waals surface area contributed by atoms with Gasteiger partial charge in [-0.2, -0.15) is 11.8 Å². The molecule has 0 aliphatic rings. The van der Waals surface area contributed by atoms with Crippen LogP contribution in [0.5, 0.6) is 5.75 Å². The first-order valence-electron chi connectivity index (χ1n) is 6.54. The van der Waals surface area contributed by atoms with E-state index in [0.717, 1.165) is 0 Å². The standard InChI is InChI=1S/C13H17N3O6S/c1-15-11(12(17)18)7-23-6-10(14)13(19)22-9-4-2-8(3-5-9)16(20)21/h2-5,10-11,15H,6-7,14H2,1H3,(H,17,18). The number of rotatable bonds is 9. The first-order chi connectivity index (χ1) is 10.8. The van der Waals surface area contributed by atoms with E-state index in [0.29, 0.717) is 0 Å². The van der Waals surface area contributed by atoms with Crippen LogP contribution in [-0.2, 0) is 9.59 Å². The van der Waals surface area contributed by atoms with Gasteiger partial charge in [-0.05, 0) is 19.2 Å². The summed E-state index contributed by atoms with van der Waals surface area (Å²) < 4.78 is 5.01. The molecular formula is C13H17N3O6S. The summed E-state index contributed by atoms with van der Waals surface area (Å²) in [5.74, 6) is -1.08. The zero-order chi connectivity index (χ0) is 17.4. The van der Waals surface area contributed by atoms with E-state index in [1.165, 1.54) is 43.1 Å². The minimum Gasteiger partial charge on any atom is -0.480 e. The van der Waals surface area contributed by atoms with Crippen LogP contribution in [0.3, 0.4) is 0 Å². The van der Waals surface area contributed by atoms with Crippen molar-refractivity contribution in [3.05, 3.63) is 34.4 Å². The highest BCUT2D eigenvalue weighted by Crippen LogP contribution is 2.18. The maximum atomic E-state index is 11.8. The molecule has 9 nitrogen and oxygen atoms in total. The zero-order valence-corrected chi connectivity index (χ0v) is 13.1. The number of nitrogens with two attached hydrogens (primary N) is 1. The van der Waals surface area contributed by atoms with Crippen LogP contribution in [0, 0.1) is 10.1 Å². The van der Waals surface area contributed by atoms with Gasteiger partial charge >= 0.3 is 11.9 Å². The highest BCUT2D eigenvalue weighted by molar-refractivity contribution is 7.99. The number of nitrogens with one attached hydrogen (secondary N) is 1. The summed E-state index contributed by atoms with van der Waals surface area (Å²) in [6.45, 7) is 0. The van der Waals surface area contributed by atoms with Crippen molar-refractivity contribution in [3.63, 3.8) is 0 Å². The summed E-state index contributed by atoms with van der Waals surface area (Å²) in [4.78, 5) is 32.5. The van der Waals surface area contributed by atoms with Crippen LogP contribution in [0.15, 0.2) is 24.3 Å². The van der Waals surface area contributed by atoms with E-state index in [2.05, 4.69) is 5.32 Å². The SMILES string of the molecule is CNC(CSCC(N)C(=O)Oc1ccc([N+](=O)[O-])cc1)C(=O)O. The van der Waals surface area contributed by atoms with E-state index in [4.69, 9.17) is 15.6 Å². The summed E-state index contributed by atoms with van der Waals surface area (Å²) in [6, 6.07) is 3.38. The summed E-state index contributed by atoms with van der Waals surface area (Å²) in [7, 11) is 1.53. The molecule has 0 aromatic heterocycles. The molecular weight excluding hydrogens is 326 g/mol. The second kappa shape index (κ2) is 9.08. The van der Waals surface area contributed by atoms with E-state index in [1.807, 2.05) is 0 Å². The fraction of sp³-hybridized carbons (Fsp3) is 0.385. The quantitative estimate of drug-likeness (QED) is 0.248. The molecule has 0 aliphatic heterocycles. The lowest BCUT2D eigenvalue weighted by atomic mass is 10.3. The molecule has 126 valence electrons. The molecule has 0 heterocycles. The Balaban J connectivity index is 2.44. The smallest absolute Gasteiger partial charge is 0.329 e. The Labute approximate surface area is 136 Å². The first-order valence-corrected chi connectivity index (χ1v) is 7.70. The molecule has 4 N–H and O–H groups in total. The number of hydrogen-bond acceptors (Lipinski definition) is 8. The van der Waals surface area contributed by atoms with Gasteiger partial charge in [0.15, 0.2) is 0 Å². The van der Waals surface area contributed by atoms with E-state index in [-0.39, 0.29) is 22.9 Å². The Hall–Kier alpha value is -2.17. The molecule has 0 saturated heterocycles. The molecule has 0 bridgehead atoms. The molecule has 0 fully saturated rings. The Bertz CT molecular complexity index is 565. The van der Waals surface area contributed by atoms with Crippen molar-refractivity contribution in [2.45, 2.75) is 12.1 Å². The summed E-state index contributed by atoms with van der Waals surface area (Å²) in [6.07, 6.45) is 0. The monoisotopic (exact) mass is 343 g/mol. The molecule has 0 spiro atoms. The number of carboxylic acid groups (broad SMARTS) is 1. The van der Waals surface area contributed by atoms with Gasteiger partial charge in [-0.1, -0.05) is 0 Å². The lowest BCUT2D eigenvalue weighted by molar-refractivity contribution is -0.384.